The van der Waals surface area contributed by atoms with Gasteiger partial charge < -0.3 is 5.32 Å². The minimum absolute atomic E-state index is 0.00363. The van der Waals surface area contributed by atoms with Crippen LogP contribution in [-0.2, 0) is 4.79 Å². The van der Waals surface area contributed by atoms with Crippen molar-refractivity contribution in [3.63, 3.8) is 0 Å². The summed E-state index contributed by atoms with van der Waals surface area (Å²) in [4.78, 5) is 17.9. The van der Waals surface area contributed by atoms with Crippen molar-refractivity contribution in [1.82, 2.24) is 4.98 Å². The van der Waals surface area contributed by atoms with Crippen molar-refractivity contribution in [2.45, 2.75) is 54.5 Å². The predicted octanol–water partition coefficient (Wildman–Crippen LogP) is 5.40. The highest BCUT2D eigenvalue weighted by molar-refractivity contribution is 8.00. The van der Waals surface area contributed by atoms with Crippen LogP contribution >= 0.6 is 23.5 Å². The summed E-state index contributed by atoms with van der Waals surface area (Å²) < 4.78 is 0. The molecular weight excluding hydrogens is 336 g/mol. The molecule has 3 nitrogen and oxygen atoms in total. The molecule has 1 N–H and O–H groups in total. The molecule has 0 aliphatic rings. The van der Waals surface area contributed by atoms with E-state index in [4.69, 9.17) is 0 Å². The van der Waals surface area contributed by atoms with E-state index in [0.717, 1.165) is 22.7 Å². The minimum Gasteiger partial charge on any atom is -0.325 e. The Morgan fingerprint density at radius 3 is 2.62 bits per heavy atom. The Kier molecular flexibility index (Phi) is 7.18. The van der Waals surface area contributed by atoms with Crippen molar-refractivity contribution in [2.75, 3.05) is 5.32 Å². The number of thioether (sulfide) groups is 2. The van der Waals surface area contributed by atoms with Crippen LogP contribution < -0.4 is 5.32 Å². The topological polar surface area (TPSA) is 42.0 Å². The molecule has 0 radical (unpaired) electrons. The summed E-state index contributed by atoms with van der Waals surface area (Å²) in [7, 11) is 0. The molecule has 2 aromatic rings. The zero-order valence-electron chi connectivity index (χ0n) is 14.6. The summed E-state index contributed by atoms with van der Waals surface area (Å²) >= 11 is 3.33. The van der Waals surface area contributed by atoms with Gasteiger partial charge in [0.15, 0.2) is 0 Å². The number of amides is 1. The highest BCUT2D eigenvalue weighted by Gasteiger charge is 2.16. The number of rotatable bonds is 7. The molecule has 0 aliphatic heterocycles. The first-order valence-electron chi connectivity index (χ1n) is 8.15. The highest BCUT2D eigenvalue weighted by Crippen LogP contribution is 2.29. The van der Waals surface area contributed by atoms with Crippen LogP contribution in [0, 0.1) is 6.92 Å². The molecule has 128 valence electrons. The van der Waals surface area contributed by atoms with Crippen molar-refractivity contribution >= 4 is 35.1 Å². The smallest absolute Gasteiger partial charge is 0.237 e. The maximum atomic E-state index is 12.4. The molecule has 2 atom stereocenters. The molecule has 1 aromatic heterocycles. The van der Waals surface area contributed by atoms with Crippen LogP contribution in [-0.4, -0.2) is 21.4 Å². The molecule has 0 saturated heterocycles. The van der Waals surface area contributed by atoms with Gasteiger partial charge in [0.2, 0.25) is 5.91 Å². The van der Waals surface area contributed by atoms with Crippen LogP contribution in [0.3, 0.4) is 0 Å². The third-order valence-corrected chi connectivity index (χ3v) is 5.98. The highest BCUT2D eigenvalue weighted by atomic mass is 32.2. The van der Waals surface area contributed by atoms with E-state index in [0.29, 0.717) is 5.25 Å². The van der Waals surface area contributed by atoms with Crippen molar-refractivity contribution in [2.24, 2.45) is 0 Å². The Hall–Kier alpha value is -1.46. The molecule has 0 spiro atoms. The van der Waals surface area contributed by atoms with Crippen LogP contribution in [0.25, 0.3) is 0 Å². The number of benzene rings is 1. The summed E-state index contributed by atoms with van der Waals surface area (Å²) in [5, 5.41) is 4.28. The number of hydrogen-bond acceptors (Lipinski definition) is 4. The average Bonchev–Trinajstić information content (AvgIpc) is 2.58. The number of hydrogen-bond donors (Lipinski definition) is 1. The number of nitrogens with one attached hydrogen (secondary N) is 1. The van der Waals surface area contributed by atoms with Crippen molar-refractivity contribution < 1.29 is 4.79 Å². The summed E-state index contributed by atoms with van der Waals surface area (Å²) in [5.74, 6) is -0.00363. The lowest BCUT2D eigenvalue weighted by Crippen LogP contribution is -2.22. The molecule has 2 rings (SSSR count). The van der Waals surface area contributed by atoms with Gasteiger partial charge in [0.1, 0.15) is 0 Å². The quantitative estimate of drug-likeness (QED) is 0.671. The Balaban J connectivity index is 1.98. The third-order valence-electron chi connectivity index (χ3n) is 3.67. The van der Waals surface area contributed by atoms with E-state index in [1.807, 2.05) is 49.9 Å². The first-order chi connectivity index (χ1) is 11.5. The molecular formula is C19H24N2OS2. The first kappa shape index (κ1) is 18.9. The maximum Gasteiger partial charge on any atom is 0.237 e. The Morgan fingerprint density at radius 1 is 1.21 bits per heavy atom. The van der Waals surface area contributed by atoms with E-state index in [-0.39, 0.29) is 11.2 Å². The fraction of sp³-hybridized carbons (Fsp3) is 0.368. The standard InChI is InChI=1S/C19H24N2OS2/c1-5-14(3)23-16-9-10-17(13(2)12-16)21-19(22)15(4)24-18-8-6-7-11-20-18/h6-12,14-15H,5H2,1-4H3,(H,21,22). The van der Waals surface area contributed by atoms with Crippen LogP contribution in [0.15, 0.2) is 52.5 Å². The second-order valence-corrected chi connectivity index (χ2v) is 8.60. The van der Waals surface area contributed by atoms with E-state index >= 15 is 0 Å². The molecule has 1 aromatic carbocycles. The fourth-order valence-corrected chi connectivity index (χ4v) is 3.88. The van der Waals surface area contributed by atoms with E-state index in [2.05, 4.69) is 36.3 Å². The molecule has 5 heteroatoms. The van der Waals surface area contributed by atoms with Crippen molar-refractivity contribution in [3.8, 4) is 0 Å². The van der Waals surface area contributed by atoms with Gasteiger partial charge in [-0.05, 0) is 56.2 Å². The van der Waals surface area contributed by atoms with E-state index in [9.17, 15) is 4.79 Å². The Morgan fingerprint density at radius 2 is 2.00 bits per heavy atom. The van der Waals surface area contributed by atoms with E-state index in [1.54, 1.807) is 6.20 Å². The predicted molar refractivity (Wildman–Crippen MR) is 105 cm³/mol. The number of anilines is 1. The number of nitrogens with zero attached hydrogens (tertiary/aromatic N) is 1. The number of aryl methyl sites for hydroxylation is 1. The molecule has 2 unspecified atom stereocenters. The van der Waals surface area contributed by atoms with Crippen LogP contribution in [0.4, 0.5) is 5.69 Å². The minimum atomic E-state index is -0.200. The first-order valence-corrected chi connectivity index (χ1v) is 9.91. The Labute approximate surface area is 153 Å². The number of carbonyl (C=O) groups excluding carboxylic acids is 1. The number of aromatic nitrogens is 1. The van der Waals surface area contributed by atoms with Crippen LogP contribution in [0.5, 0.6) is 0 Å². The summed E-state index contributed by atoms with van der Waals surface area (Å²) in [6, 6.07) is 11.9. The van der Waals surface area contributed by atoms with E-state index < -0.39 is 0 Å². The summed E-state index contributed by atoms with van der Waals surface area (Å²) in [6.45, 7) is 8.36. The SMILES string of the molecule is CCC(C)Sc1ccc(NC(=O)C(C)Sc2ccccn2)c(C)c1. The van der Waals surface area contributed by atoms with Gasteiger partial charge >= 0.3 is 0 Å². The monoisotopic (exact) mass is 360 g/mol. The van der Waals surface area contributed by atoms with Crippen LogP contribution in [0.2, 0.25) is 0 Å². The number of carbonyl (C=O) groups is 1. The second kappa shape index (κ2) is 9.14. The molecule has 0 fully saturated rings. The summed E-state index contributed by atoms with van der Waals surface area (Å²) in [6.07, 6.45) is 2.88. The summed E-state index contributed by atoms with van der Waals surface area (Å²) in [5.41, 5.74) is 1.97. The largest absolute Gasteiger partial charge is 0.325 e. The zero-order chi connectivity index (χ0) is 17.5. The molecule has 0 bridgehead atoms. The Bertz CT molecular complexity index is 676. The maximum absolute atomic E-state index is 12.4. The number of pyridine rings is 1. The van der Waals surface area contributed by atoms with Gasteiger partial charge in [-0.3, -0.25) is 4.79 Å². The van der Waals surface area contributed by atoms with Gasteiger partial charge in [-0.15, -0.1) is 11.8 Å². The van der Waals surface area contributed by atoms with Gasteiger partial charge in [0.05, 0.1) is 10.3 Å². The van der Waals surface area contributed by atoms with E-state index in [1.165, 1.54) is 16.7 Å². The average molecular weight is 361 g/mol. The van der Waals surface area contributed by atoms with Crippen molar-refractivity contribution in [1.29, 1.82) is 0 Å². The molecule has 1 amide bonds. The fourth-order valence-electron chi connectivity index (χ4n) is 2.05. The molecule has 1 heterocycles. The zero-order valence-corrected chi connectivity index (χ0v) is 16.2. The lowest BCUT2D eigenvalue weighted by molar-refractivity contribution is -0.115. The second-order valence-electron chi connectivity index (χ2n) is 5.73. The molecule has 24 heavy (non-hydrogen) atoms. The van der Waals surface area contributed by atoms with Crippen LogP contribution in [0.1, 0.15) is 32.8 Å². The van der Waals surface area contributed by atoms with Crippen molar-refractivity contribution in [3.05, 3.63) is 48.2 Å². The van der Waals surface area contributed by atoms with Gasteiger partial charge in [0.25, 0.3) is 0 Å². The van der Waals surface area contributed by atoms with Gasteiger partial charge in [0, 0.05) is 22.0 Å². The molecule has 0 saturated carbocycles. The third kappa shape index (κ3) is 5.56. The van der Waals surface area contributed by atoms with Gasteiger partial charge in [-0.1, -0.05) is 31.7 Å². The molecule has 0 aliphatic carbocycles. The lowest BCUT2D eigenvalue weighted by Gasteiger charge is -2.15. The lowest BCUT2D eigenvalue weighted by atomic mass is 10.2. The normalized spacial score (nSPS) is 13.3. The van der Waals surface area contributed by atoms with Gasteiger partial charge in [-0.2, -0.15) is 0 Å². The van der Waals surface area contributed by atoms with Gasteiger partial charge in [-0.25, -0.2) is 4.98 Å².